The van der Waals surface area contributed by atoms with Gasteiger partial charge in [-0.05, 0) is 18.9 Å². The van der Waals surface area contributed by atoms with Crippen molar-refractivity contribution in [1.82, 2.24) is 0 Å². The topological polar surface area (TPSA) is 74.6 Å². The van der Waals surface area contributed by atoms with Gasteiger partial charge in [0.05, 0.1) is 5.41 Å². The first-order valence-electron chi connectivity index (χ1n) is 4.97. The van der Waals surface area contributed by atoms with Crippen LogP contribution in [0.15, 0.2) is 30.3 Å². The highest BCUT2D eigenvalue weighted by Gasteiger charge is 2.75. The fourth-order valence-corrected chi connectivity index (χ4v) is 2.32. The highest BCUT2D eigenvalue weighted by molar-refractivity contribution is 5.97. The number of carboxylic acid groups (broad SMARTS) is 2. The lowest BCUT2D eigenvalue weighted by atomic mass is 9.87. The second-order valence-corrected chi connectivity index (χ2v) is 4.39. The summed E-state index contributed by atoms with van der Waals surface area (Å²) in [7, 11) is 0. The van der Waals surface area contributed by atoms with Crippen molar-refractivity contribution in [3.63, 3.8) is 0 Å². The minimum Gasteiger partial charge on any atom is -0.481 e. The van der Waals surface area contributed by atoms with E-state index in [4.69, 9.17) is 5.11 Å². The molecule has 0 saturated heterocycles. The molecule has 0 amide bonds. The Morgan fingerprint density at radius 1 is 1.12 bits per heavy atom. The van der Waals surface area contributed by atoms with Gasteiger partial charge < -0.3 is 10.2 Å². The summed E-state index contributed by atoms with van der Waals surface area (Å²) < 4.78 is 0. The number of carboxylic acids is 2. The molecule has 1 aromatic carbocycles. The zero-order valence-corrected chi connectivity index (χ0v) is 8.80. The van der Waals surface area contributed by atoms with Crippen LogP contribution in [0.1, 0.15) is 18.9 Å². The van der Waals surface area contributed by atoms with Crippen molar-refractivity contribution < 1.29 is 19.8 Å². The highest BCUT2D eigenvalue weighted by atomic mass is 16.4. The molecule has 1 fully saturated rings. The Balaban J connectivity index is 2.51. The molecule has 0 aromatic heterocycles. The van der Waals surface area contributed by atoms with Gasteiger partial charge in [-0.3, -0.25) is 9.59 Å². The van der Waals surface area contributed by atoms with Crippen LogP contribution in [0.5, 0.6) is 0 Å². The van der Waals surface area contributed by atoms with Crippen LogP contribution < -0.4 is 0 Å². The summed E-state index contributed by atoms with van der Waals surface area (Å²) in [5.74, 6) is -2.12. The minimum atomic E-state index is -1.26. The Bertz CT molecular complexity index is 453. The average Bonchev–Trinajstić information content (AvgIpc) is 2.90. The van der Waals surface area contributed by atoms with E-state index < -0.39 is 22.8 Å². The van der Waals surface area contributed by atoms with E-state index in [1.54, 1.807) is 30.3 Å². The van der Waals surface area contributed by atoms with Gasteiger partial charge in [-0.25, -0.2) is 0 Å². The summed E-state index contributed by atoms with van der Waals surface area (Å²) in [5.41, 5.74) is -1.90. The van der Waals surface area contributed by atoms with Crippen molar-refractivity contribution in [3.8, 4) is 0 Å². The van der Waals surface area contributed by atoms with Gasteiger partial charge in [0.1, 0.15) is 5.41 Å². The van der Waals surface area contributed by atoms with Gasteiger partial charge in [0.2, 0.25) is 0 Å². The third-order valence-corrected chi connectivity index (χ3v) is 3.54. The maximum Gasteiger partial charge on any atom is 0.315 e. The molecule has 0 aliphatic heterocycles. The van der Waals surface area contributed by atoms with E-state index in [0.717, 1.165) is 0 Å². The predicted molar refractivity (Wildman–Crippen MR) is 56.1 cm³/mol. The first-order chi connectivity index (χ1) is 7.45. The minimum absolute atomic E-state index is 0.147. The smallest absolute Gasteiger partial charge is 0.315 e. The molecule has 0 radical (unpaired) electrons. The quantitative estimate of drug-likeness (QED) is 0.809. The van der Waals surface area contributed by atoms with E-state index in [-0.39, 0.29) is 6.42 Å². The Hall–Kier alpha value is -1.84. The normalized spacial score (nSPS) is 32.1. The fraction of sp³-hybridized carbons (Fsp3) is 0.333. The SMILES string of the molecule is C[C@@]1(C(=O)O)C[C@@]1(C(=O)O)c1ccccc1. The number of hydrogen-bond acceptors (Lipinski definition) is 2. The van der Waals surface area contributed by atoms with Crippen LogP contribution >= 0.6 is 0 Å². The number of carbonyl (C=O) groups is 2. The van der Waals surface area contributed by atoms with E-state index in [1.165, 1.54) is 6.92 Å². The molecule has 4 heteroatoms. The first kappa shape index (κ1) is 10.7. The summed E-state index contributed by atoms with van der Waals surface area (Å²) >= 11 is 0. The summed E-state index contributed by atoms with van der Waals surface area (Å²) in [6.07, 6.45) is 0.147. The molecule has 2 atom stereocenters. The molecular formula is C12H12O4. The van der Waals surface area contributed by atoms with E-state index in [2.05, 4.69) is 0 Å². The fourth-order valence-electron chi connectivity index (χ4n) is 2.32. The number of rotatable bonds is 3. The van der Waals surface area contributed by atoms with Crippen molar-refractivity contribution in [1.29, 1.82) is 0 Å². The zero-order chi connectivity index (χ0) is 12.0. The van der Waals surface area contributed by atoms with Crippen LogP contribution in [0, 0.1) is 5.41 Å². The van der Waals surface area contributed by atoms with Gasteiger partial charge in [0, 0.05) is 0 Å². The van der Waals surface area contributed by atoms with Gasteiger partial charge in [-0.15, -0.1) is 0 Å². The van der Waals surface area contributed by atoms with Gasteiger partial charge >= 0.3 is 11.9 Å². The second kappa shape index (κ2) is 3.07. The van der Waals surface area contributed by atoms with E-state index in [9.17, 15) is 14.7 Å². The lowest BCUT2D eigenvalue weighted by molar-refractivity contribution is -0.149. The Kier molecular flexibility index (Phi) is 2.05. The third-order valence-electron chi connectivity index (χ3n) is 3.54. The Morgan fingerprint density at radius 2 is 1.69 bits per heavy atom. The lowest BCUT2D eigenvalue weighted by Crippen LogP contribution is -2.31. The number of hydrogen-bond donors (Lipinski definition) is 2. The molecule has 1 aliphatic rings. The molecule has 84 valence electrons. The molecule has 0 unspecified atom stereocenters. The van der Waals surface area contributed by atoms with Crippen LogP contribution in [-0.2, 0) is 15.0 Å². The van der Waals surface area contributed by atoms with Gasteiger partial charge in [0.25, 0.3) is 0 Å². The van der Waals surface area contributed by atoms with Crippen molar-refractivity contribution >= 4 is 11.9 Å². The summed E-state index contributed by atoms with van der Waals surface area (Å²) in [4.78, 5) is 22.5. The van der Waals surface area contributed by atoms with Gasteiger partial charge in [-0.2, -0.15) is 0 Å². The maximum atomic E-state index is 11.3. The first-order valence-corrected chi connectivity index (χ1v) is 4.97. The molecule has 1 aromatic rings. The third kappa shape index (κ3) is 1.10. The van der Waals surface area contributed by atoms with Crippen molar-refractivity contribution in [2.45, 2.75) is 18.8 Å². The van der Waals surface area contributed by atoms with Crippen LogP contribution in [0.2, 0.25) is 0 Å². The molecule has 0 heterocycles. The molecule has 1 aliphatic carbocycles. The zero-order valence-electron chi connectivity index (χ0n) is 8.80. The van der Waals surface area contributed by atoms with Gasteiger partial charge in [-0.1, -0.05) is 30.3 Å². The molecule has 2 rings (SSSR count). The molecule has 0 spiro atoms. The standard InChI is InChI=1S/C12H12O4/c1-11(9(13)14)7-12(11,10(15)16)8-5-3-2-4-6-8/h2-6H,7H2,1H3,(H,13,14)(H,15,16)/t11-,12-/m0/s1. The Morgan fingerprint density at radius 3 is 2.06 bits per heavy atom. The molecule has 1 saturated carbocycles. The lowest BCUT2D eigenvalue weighted by Gasteiger charge is -2.16. The summed E-state index contributed by atoms with van der Waals surface area (Å²) in [5, 5.41) is 18.4. The maximum absolute atomic E-state index is 11.3. The van der Waals surface area contributed by atoms with Crippen LogP contribution in [-0.4, -0.2) is 22.2 Å². The van der Waals surface area contributed by atoms with E-state index in [0.29, 0.717) is 5.56 Å². The van der Waals surface area contributed by atoms with E-state index in [1.807, 2.05) is 0 Å². The van der Waals surface area contributed by atoms with Crippen LogP contribution in [0.4, 0.5) is 0 Å². The van der Waals surface area contributed by atoms with Gasteiger partial charge in [0.15, 0.2) is 0 Å². The predicted octanol–water partition coefficient (Wildman–Crippen LogP) is 1.50. The van der Waals surface area contributed by atoms with Crippen LogP contribution in [0.25, 0.3) is 0 Å². The second-order valence-electron chi connectivity index (χ2n) is 4.39. The number of benzene rings is 1. The summed E-state index contributed by atoms with van der Waals surface area (Å²) in [6.45, 7) is 1.48. The highest BCUT2D eigenvalue weighted by Crippen LogP contribution is 2.64. The largest absolute Gasteiger partial charge is 0.481 e. The molecule has 4 nitrogen and oxygen atoms in total. The molecule has 0 bridgehead atoms. The average molecular weight is 220 g/mol. The van der Waals surface area contributed by atoms with Crippen molar-refractivity contribution in [2.24, 2.45) is 5.41 Å². The Labute approximate surface area is 92.5 Å². The molecular weight excluding hydrogens is 208 g/mol. The number of aliphatic carboxylic acids is 2. The van der Waals surface area contributed by atoms with Crippen molar-refractivity contribution in [3.05, 3.63) is 35.9 Å². The van der Waals surface area contributed by atoms with Crippen LogP contribution in [0.3, 0.4) is 0 Å². The molecule has 16 heavy (non-hydrogen) atoms. The van der Waals surface area contributed by atoms with E-state index >= 15 is 0 Å². The monoisotopic (exact) mass is 220 g/mol. The van der Waals surface area contributed by atoms with Crippen molar-refractivity contribution in [2.75, 3.05) is 0 Å². The molecule has 2 N–H and O–H groups in total. The summed E-state index contributed by atoms with van der Waals surface area (Å²) in [6, 6.07) is 8.56.